The monoisotopic (exact) mass is 414 g/mol. The number of aryl methyl sites for hydroxylation is 1. The third kappa shape index (κ3) is 5.46. The Morgan fingerprint density at radius 3 is 2.69 bits per heavy atom. The van der Waals surface area contributed by atoms with Gasteiger partial charge in [-0.05, 0) is 50.6 Å². The summed E-state index contributed by atoms with van der Waals surface area (Å²) < 4.78 is 19.8. The minimum atomic E-state index is -0.324. The largest absolute Gasteiger partial charge is 0.494 e. The molecular formula is C22H26N2O4S. The third-order valence-corrected chi connectivity index (χ3v) is 5.33. The molecule has 3 aromatic rings. The maximum atomic E-state index is 12.5. The number of carbonyl (C=O) groups excluding carboxylic acids is 1. The van der Waals surface area contributed by atoms with Crippen LogP contribution in [0.1, 0.15) is 19.4 Å². The highest BCUT2D eigenvalue weighted by molar-refractivity contribution is 7.16. The smallest absolute Gasteiger partial charge is 0.286 e. The van der Waals surface area contributed by atoms with Crippen LogP contribution in [0, 0.1) is 6.92 Å². The number of thiazole rings is 1. The number of benzene rings is 2. The van der Waals surface area contributed by atoms with Gasteiger partial charge < -0.3 is 18.8 Å². The van der Waals surface area contributed by atoms with Crippen molar-refractivity contribution in [1.82, 2.24) is 4.57 Å². The molecule has 1 aromatic heterocycles. The molecule has 0 saturated heterocycles. The van der Waals surface area contributed by atoms with E-state index in [4.69, 9.17) is 14.2 Å². The SMILES string of the molecule is CCOCCn1c(=NC(=O)COc2ccccc2C)sc2cc(OCC)ccc21. The summed E-state index contributed by atoms with van der Waals surface area (Å²) >= 11 is 1.46. The zero-order valence-electron chi connectivity index (χ0n) is 17.0. The summed E-state index contributed by atoms with van der Waals surface area (Å²) in [5.41, 5.74) is 1.99. The molecule has 1 amide bonds. The van der Waals surface area contributed by atoms with E-state index < -0.39 is 0 Å². The number of ether oxygens (including phenoxy) is 3. The van der Waals surface area contributed by atoms with Crippen LogP contribution in [0.5, 0.6) is 11.5 Å². The minimum absolute atomic E-state index is 0.102. The molecule has 0 fully saturated rings. The van der Waals surface area contributed by atoms with E-state index in [1.54, 1.807) is 0 Å². The van der Waals surface area contributed by atoms with Gasteiger partial charge in [0.15, 0.2) is 11.4 Å². The van der Waals surface area contributed by atoms with Crippen molar-refractivity contribution in [1.29, 1.82) is 0 Å². The van der Waals surface area contributed by atoms with Crippen molar-refractivity contribution in [2.45, 2.75) is 27.3 Å². The van der Waals surface area contributed by atoms with Gasteiger partial charge in [-0.3, -0.25) is 4.79 Å². The highest BCUT2D eigenvalue weighted by Gasteiger charge is 2.10. The molecule has 0 saturated carbocycles. The van der Waals surface area contributed by atoms with Crippen LogP contribution in [0.2, 0.25) is 0 Å². The number of rotatable bonds is 9. The first kappa shape index (κ1) is 21.1. The fraction of sp³-hybridized carbons (Fsp3) is 0.364. The van der Waals surface area contributed by atoms with E-state index in [0.717, 1.165) is 21.5 Å². The number of hydrogen-bond acceptors (Lipinski definition) is 5. The van der Waals surface area contributed by atoms with Gasteiger partial charge in [-0.2, -0.15) is 4.99 Å². The van der Waals surface area contributed by atoms with E-state index in [9.17, 15) is 4.79 Å². The van der Waals surface area contributed by atoms with Gasteiger partial charge in [0, 0.05) is 13.2 Å². The van der Waals surface area contributed by atoms with Crippen LogP contribution in [0.4, 0.5) is 0 Å². The first-order valence-corrected chi connectivity index (χ1v) is 10.5. The molecule has 7 heteroatoms. The van der Waals surface area contributed by atoms with Crippen LogP contribution in [-0.4, -0.2) is 36.9 Å². The topological polar surface area (TPSA) is 62.1 Å². The van der Waals surface area contributed by atoms with Gasteiger partial charge in [0.05, 0.1) is 23.4 Å². The van der Waals surface area contributed by atoms with Crippen molar-refractivity contribution in [2.75, 3.05) is 26.4 Å². The summed E-state index contributed by atoms with van der Waals surface area (Å²) in [4.78, 5) is 17.4. The Morgan fingerprint density at radius 1 is 1.10 bits per heavy atom. The number of aromatic nitrogens is 1. The van der Waals surface area contributed by atoms with Crippen LogP contribution in [-0.2, 0) is 16.1 Å². The Morgan fingerprint density at radius 2 is 1.93 bits per heavy atom. The second kappa shape index (κ2) is 10.2. The van der Waals surface area contributed by atoms with Crippen molar-refractivity contribution in [3.8, 4) is 11.5 Å². The molecule has 3 rings (SSSR count). The molecule has 0 aliphatic rings. The minimum Gasteiger partial charge on any atom is -0.494 e. The molecule has 0 aliphatic heterocycles. The average Bonchev–Trinajstić information content (AvgIpc) is 3.04. The van der Waals surface area contributed by atoms with Crippen LogP contribution >= 0.6 is 11.3 Å². The molecule has 0 bridgehead atoms. The molecular weight excluding hydrogens is 388 g/mol. The van der Waals surface area contributed by atoms with Gasteiger partial charge in [0.2, 0.25) is 0 Å². The first-order chi connectivity index (χ1) is 14.1. The zero-order chi connectivity index (χ0) is 20.6. The summed E-state index contributed by atoms with van der Waals surface area (Å²) in [5, 5.41) is 0. The van der Waals surface area contributed by atoms with Crippen LogP contribution in [0.15, 0.2) is 47.5 Å². The van der Waals surface area contributed by atoms with Crippen molar-refractivity contribution in [3.05, 3.63) is 52.8 Å². The number of fused-ring (bicyclic) bond motifs is 1. The highest BCUT2D eigenvalue weighted by atomic mass is 32.1. The standard InChI is InChI=1S/C22H26N2O4S/c1-4-26-13-12-24-18-11-10-17(27-5-2)14-20(18)29-22(24)23-21(25)15-28-19-9-7-6-8-16(19)3/h6-11,14H,4-5,12-13,15H2,1-3H3. The number of para-hydroxylation sites is 1. The van der Waals surface area contributed by atoms with Gasteiger partial charge >= 0.3 is 0 Å². The number of nitrogens with zero attached hydrogens (tertiary/aromatic N) is 2. The molecule has 0 radical (unpaired) electrons. The molecule has 1 heterocycles. The van der Waals surface area contributed by atoms with E-state index in [1.165, 1.54) is 11.3 Å². The van der Waals surface area contributed by atoms with Gasteiger partial charge in [-0.25, -0.2) is 0 Å². The Hall–Kier alpha value is -2.64. The molecule has 6 nitrogen and oxygen atoms in total. The fourth-order valence-electron chi connectivity index (χ4n) is 2.91. The predicted octanol–water partition coefficient (Wildman–Crippen LogP) is 3.95. The summed E-state index contributed by atoms with van der Waals surface area (Å²) in [6, 6.07) is 13.5. The lowest BCUT2D eigenvalue weighted by Gasteiger charge is -2.07. The zero-order valence-corrected chi connectivity index (χ0v) is 17.8. The summed E-state index contributed by atoms with van der Waals surface area (Å²) in [6.07, 6.45) is 0. The molecule has 154 valence electrons. The van der Waals surface area contributed by atoms with Crippen LogP contribution < -0.4 is 14.3 Å². The maximum Gasteiger partial charge on any atom is 0.286 e. The summed E-state index contributed by atoms with van der Waals surface area (Å²) in [7, 11) is 0. The molecule has 29 heavy (non-hydrogen) atoms. The second-order valence-electron chi connectivity index (χ2n) is 6.36. The number of carbonyl (C=O) groups is 1. The normalized spacial score (nSPS) is 11.8. The Labute approximate surface area is 174 Å². The van der Waals surface area contributed by atoms with Gasteiger partial charge in [0.1, 0.15) is 11.5 Å². The fourth-order valence-corrected chi connectivity index (χ4v) is 4.01. The Kier molecular flexibility index (Phi) is 7.43. The predicted molar refractivity (Wildman–Crippen MR) is 115 cm³/mol. The number of amides is 1. The van der Waals surface area contributed by atoms with Crippen molar-refractivity contribution >= 4 is 27.5 Å². The van der Waals surface area contributed by atoms with E-state index in [1.807, 2.05) is 67.8 Å². The summed E-state index contributed by atoms with van der Waals surface area (Å²) in [6.45, 7) is 8.18. The molecule has 0 atom stereocenters. The van der Waals surface area contributed by atoms with E-state index >= 15 is 0 Å². The lowest BCUT2D eigenvalue weighted by Crippen LogP contribution is -2.21. The van der Waals surface area contributed by atoms with Crippen molar-refractivity contribution in [2.24, 2.45) is 4.99 Å². The van der Waals surface area contributed by atoms with Gasteiger partial charge in [-0.1, -0.05) is 29.5 Å². The molecule has 0 aliphatic carbocycles. The average molecular weight is 415 g/mol. The van der Waals surface area contributed by atoms with E-state index in [2.05, 4.69) is 4.99 Å². The maximum absolute atomic E-state index is 12.5. The van der Waals surface area contributed by atoms with Gasteiger partial charge in [0.25, 0.3) is 5.91 Å². The van der Waals surface area contributed by atoms with E-state index in [0.29, 0.717) is 36.9 Å². The lowest BCUT2D eigenvalue weighted by molar-refractivity contribution is -0.120. The Bertz CT molecular complexity index is 1040. The lowest BCUT2D eigenvalue weighted by atomic mass is 10.2. The second-order valence-corrected chi connectivity index (χ2v) is 7.36. The Balaban J connectivity index is 1.87. The van der Waals surface area contributed by atoms with Crippen molar-refractivity contribution < 1.29 is 19.0 Å². The number of hydrogen-bond donors (Lipinski definition) is 0. The third-order valence-electron chi connectivity index (χ3n) is 4.29. The first-order valence-electron chi connectivity index (χ1n) is 9.72. The van der Waals surface area contributed by atoms with Gasteiger partial charge in [-0.15, -0.1) is 0 Å². The summed E-state index contributed by atoms with van der Waals surface area (Å²) in [5.74, 6) is 1.17. The van der Waals surface area contributed by atoms with Crippen molar-refractivity contribution in [3.63, 3.8) is 0 Å². The quantitative estimate of drug-likeness (QED) is 0.498. The molecule has 2 aromatic carbocycles. The highest BCUT2D eigenvalue weighted by Crippen LogP contribution is 2.23. The molecule has 0 spiro atoms. The molecule has 0 N–H and O–H groups in total. The van der Waals surface area contributed by atoms with Crippen LogP contribution in [0.25, 0.3) is 10.2 Å². The van der Waals surface area contributed by atoms with Crippen LogP contribution in [0.3, 0.4) is 0 Å². The molecule has 0 unspecified atom stereocenters. The van der Waals surface area contributed by atoms with E-state index in [-0.39, 0.29) is 12.5 Å².